The smallest absolute Gasteiger partial charge is 0.270 e. The molecule has 0 spiro atoms. The average Bonchev–Trinajstić information content (AvgIpc) is 3.17. The van der Waals surface area contributed by atoms with Gasteiger partial charge < -0.3 is 4.90 Å². The summed E-state index contributed by atoms with van der Waals surface area (Å²) < 4.78 is 27.1. The third kappa shape index (κ3) is 4.39. The first kappa shape index (κ1) is 18.3. The number of benzene rings is 2. The number of nitro benzene ring substituents is 1. The highest BCUT2D eigenvalue weighted by Crippen LogP contribution is 2.21. The van der Waals surface area contributed by atoms with Crippen molar-refractivity contribution in [3.63, 3.8) is 0 Å². The first-order valence-electron chi connectivity index (χ1n) is 8.54. The minimum absolute atomic E-state index is 0.101. The second-order valence-electron chi connectivity index (χ2n) is 6.26. The van der Waals surface area contributed by atoms with Gasteiger partial charge in [-0.2, -0.15) is 0 Å². The molecule has 0 saturated carbocycles. The quantitative estimate of drug-likeness (QED) is 0.593. The van der Waals surface area contributed by atoms with Crippen LogP contribution in [0, 0.1) is 10.1 Å². The number of nitrogens with one attached hydrogen (secondary N) is 1. The Morgan fingerprint density at radius 2 is 1.77 bits per heavy atom. The van der Waals surface area contributed by atoms with Crippen molar-refractivity contribution in [2.45, 2.75) is 24.2 Å². The molecule has 2 aromatic carbocycles. The molecule has 0 aromatic heterocycles. The van der Waals surface area contributed by atoms with E-state index in [1.807, 2.05) is 12.1 Å². The van der Waals surface area contributed by atoms with Crippen molar-refractivity contribution < 1.29 is 13.3 Å². The van der Waals surface area contributed by atoms with Crippen LogP contribution in [0.15, 0.2) is 53.4 Å². The Morgan fingerprint density at radius 3 is 2.42 bits per heavy atom. The summed E-state index contributed by atoms with van der Waals surface area (Å²) in [6.07, 6.45) is 3.00. The summed E-state index contributed by atoms with van der Waals surface area (Å²) >= 11 is 0. The summed E-state index contributed by atoms with van der Waals surface area (Å²) in [5.41, 5.74) is 1.99. The van der Waals surface area contributed by atoms with E-state index >= 15 is 0 Å². The van der Waals surface area contributed by atoms with E-state index in [-0.39, 0.29) is 17.1 Å². The molecule has 1 N–H and O–H groups in total. The van der Waals surface area contributed by atoms with E-state index < -0.39 is 14.9 Å². The van der Waals surface area contributed by atoms with Crippen LogP contribution in [0.5, 0.6) is 0 Å². The van der Waals surface area contributed by atoms with E-state index in [0.717, 1.165) is 24.7 Å². The lowest BCUT2D eigenvalue weighted by atomic mass is 10.1. The van der Waals surface area contributed by atoms with Gasteiger partial charge in [0.2, 0.25) is 10.0 Å². The average molecular weight is 375 g/mol. The van der Waals surface area contributed by atoms with Crippen LogP contribution < -0.4 is 9.62 Å². The molecule has 0 unspecified atom stereocenters. The van der Waals surface area contributed by atoms with Crippen molar-refractivity contribution >= 4 is 21.4 Å². The summed E-state index contributed by atoms with van der Waals surface area (Å²) in [7, 11) is -3.77. The van der Waals surface area contributed by atoms with E-state index in [1.165, 1.54) is 36.7 Å². The van der Waals surface area contributed by atoms with Gasteiger partial charge >= 0.3 is 0 Å². The Bertz CT molecular complexity index is 876. The predicted molar refractivity (Wildman–Crippen MR) is 99.9 cm³/mol. The second-order valence-corrected chi connectivity index (χ2v) is 8.03. The Balaban J connectivity index is 1.58. The van der Waals surface area contributed by atoms with Crippen molar-refractivity contribution in [2.75, 3.05) is 24.5 Å². The van der Waals surface area contributed by atoms with Gasteiger partial charge in [0.05, 0.1) is 9.82 Å². The van der Waals surface area contributed by atoms with Crippen molar-refractivity contribution in [3.8, 4) is 0 Å². The van der Waals surface area contributed by atoms with Gasteiger partial charge in [0.1, 0.15) is 0 Å². The Kier molecular flexibility index (Phi) is 5.53. The number of anilines is 1. The fraction of sp³-hybridized carbons (Fsp3) is 0.333. The van der Waals surface area contributed by atoms with Gasteiger partial charge in [0.25, 0.3) is 5.69 Å². The molecule has 0 aliphatic carbocycles. The number of sulfonamides is 1. The lowest BCUT2D eigenvalue weighted by molar-refractivity contribution is -0.385. The Labute approximate surface area is 152 Å². The molecule has 1 aliphatic rings. The molecule has 26 heavy (non-hydrogen) atoms. The molecule has 8 heteroatoms. The zero-order valence-electron chi connectivity index (χ0n) is 14.3. The molecule has 1 heterocycles. The molecular weight excluding hydrogens is 354 g/mol. The summed E-state index contributed by atoms with van der Waals surface area (Å²) in [4.78, 5) is 12.4. The van der Waals surface area contributed by atoms with Crippen LogP contribution in [0.3, 0.4) is 0 Å². The van der Waals surface area contributed by atoms with Crippen molar-refractivity contribution in [1.82, 2.24) is 4.72 Å². The van der Waals surface area contributed by atoms with Gasteiger partial charge in [0, 0.05) is 37.5 Å². The Hall–Kier alpha value is -2.45. The maximum Gasteiger partial charge on any atom is 0.270 e. The predicted octanol–water partition coefficient (Wildman–Crippen LogP) is 2.72. The maximum atomic E-state index is 12.3. The molecule has 1 saturated heterocycles. The van der Waals surface area contributed by atoms with Crippen LogP contribution in [0.4, 0.5) is 11.4 Å². The van der Waals surface area contributed by atoms with E-state index in [9.17, 15) is 18.5 Å². The van der Waals surface area contributed by atoms with Gasteiger partial charge in [-0.05, 0) is 43.0 Å². The molecule has 1 fully saturated rings. The van der Waals surface area contributed by atoms with Crippen LogP contribution in [0.2, 0.25) is 0 Å². The highest BCUT2D eigenvalue weighted by molar-refractivity contribution is 7.89. The third-order valence-electron chi connectivity index (χ3n) is 4.45. The lowest BCUT2D eigenvalue weighted by Gasteiger charge is -2.17. The monoisotopic (exact) mass is 375 g/mol. The van der Waals surface area contributed by atoms with Gasteiger partial charge in [0.15, 0.2) is 0 Å². The van der Waals surface area contributed by atoms with E-state index in [1.54, 1.807) is 0 Å². The number of hydrogen-bond donors (Lipinski definition) is 1. The number of rotatable bonds is 7. The molecule has 0 bridgehead atoms. The summed E-state index contributed by atoms with van der Waals surface area (Å²) in [5.74, 6) is 0. The van der Waals surface area contributed by atoms with Crippen LogP contribution in [-0.4, -0.2) is 33.0 Å². The fourth-order valence-electron chi connectivity index (χ4n) is 3.03. The highest BCUT2D eigenvalue weighted by Gasteiger charge is 2.17. The Morgan fingerprint density at radius 1 is 1.08 bits per heavy atom. The SMILES string of the molecule is O=[N+]([O-])c1cccc(S(=O)(=O)NCCc2ccc(N3CCCC3)cc2)c1. The van der Waals surface area contributed by atoms with Crippen molar-refractivity contribution in [1.29, 1.82) is 0 Å². The standard InChI is InChI=1S/C18H21N3O4S/c22-21(23)17-4-3-5-18(14-17)26(24,25)19-11-10-15-6-8-16(9-7-15)20-12-1-2-13-20/h3-9,14,19H,1-2,10-13H2. The molecule has 0 atom stereocenters. The minimum Gasteiger partial charge on any atom is -0.372 e. The van der Waals surface area contributed by atoms with Gasteiger partial charge in [-0.1, -0.05) is 18.2 Å². The molecule has 3 rings (SSSR count). The zero-order valence-corrected chi connectivity index (χ0v) is 15.1. The minimum atomic E-state index is -3.77. The number of non-ortho nitro benzene ring substituents is 1. The first-order valence-corrected chi connectivity index (χ1v) is 10.0. The summed E-state index contributed by atoms with van der Waals surface area (Å²) in [6, 6.07) is 13.2. The lowest BCUT2D eigenvalue weighted by Crippen LogP contribution is -2.26. The van der Waals surface area contributed by atoms with Crippen molar-refractivity contribution in [3.05, 3.63) is 64.2 Å². The second kappa shape index (κ2) is 7.84. The molecular formula is C18H21N3O4S. The van der Waals surface area contributed by atoms with E-state index in [4.69, 9.17) is 0 Å². The maximum absolute atomic E-state index is 12.3. The summed E-state index contributed by atoms with van der Waals surface area (Å²) in [5, 5.41) is 10.8. The third-order valence-corrected chi connectivity index (χ3v) is 5.91. The highest BCUT2D eigenvalue weighted by atomic mass is 32.2. The molecule has 0 amide bonds. The number of nitrogens with zero attached hydrogens (tertiary/aromatic N) is 2. The van der Waals surface area contributed by atoms with Crippen molar-refractivity contribution in [2.24, 2.45) is 0 Å². The molecule has 138 valence electrons. The fourth-order valence-corrected chi connectivity index (χ4v) is 4.10. The van der Waals surface area contributed by atoms with Crippen LogP contribution >= 0.6 is 0 Å². The zero-order chi connectivity index (χ0) is 18.6. The van der Waals surface area contributed by atoms with Crippen LogP contribution in [0.1, 0.15) is 18.4 Å². The van der Waals surface area contributed by atoms with Crippen LogP contribution in [0.25, 0.3) is 0 Å². The number of nitro groups is 1. The van der Waals surface area contributed by atoms with Gasteiger partial charge in [-0.3, -0.25) is 10.1 Å². The molecule has 2 aromatic rings. The van der Waals surface area contributed by atoms with Gasteiger partial charge in [-0.25, -0.2) is 13.1 Å². The van der Waals surface area contributed by atoms with Crippen LogP contribution in [-0.2, 0) is 16.4 Å². The normalized spacial score (nSPS) is 14.5. The summed E-state index contributed by atoms with van der Waals surface area (Å²) in [6.45, 7) is 2.40. The van der Waals surface area contributed by atoms with E-state index in [0.29, 0.717) is 6.42 Å². The topological polar surface area (TPSA) is 92.5 Å². The molecule has 1 aliphatic heterocycles. The molecule has 7 nitrogen and oxygen atoms in total. The largest absolute Gasteiger partial charge is 0.372 e. The van der Waals surface area contributed by atoms with E-state index in [2.05, 4.69) is 21.8 Å². The first-order chi connectivity index (χ1) is 12.5. The number of hydrogen-bond acceptors (Lipinski definition) is 5. The molecule has 0 radical (unpaired) electrons. The van der Waals surface area contributed by atoms with Gasteiger partial charge in [-0.15, -0.1) is 0 Å².